The molecule has 1 saturated carbocycles. The first-order valence-electron chi connectivity index (χ1n) is 6.32. The van der Waals surface area contributed by atoms with E-state index in [0.29, 0.717) is 0 Å². The Labute approximate surface area is 111 Å². The lowest BCUT2D eigenvalue weighted by Crippen LogP contribution is -1.98. The summed E-state index contributed by atoms with van der Waals surface area (Å²) < 4.78 is 0. The van der Waals surface area contributed by atoms with Crippen molar-refractivity contribution in [3.8, 4) is 0 Å². The average molecular weight is 318 g/mol. The Balaban J connectivity index is 0.000000356. The molecule has 0 aliphatic heterocycles. The molecular formula is C14H23I. The van der Waals surface area contributed by atoms with Crippen molar-refractivity contribution in [2.24, 2.45) is 11.8 Å². The van der Waals surface area contributed by atoms with Crippen LogP contribution in [0.15, 0.2) is 22.8 Å². The summed E-state index contributed by atoms with van der Waals surface area (Å²) in [5.74, 6) is 2.01. The van der Waals surface area contributed by atoms with Gasteiger partial charge in [-0.25, -0.2) is 0 Å². The van der Waals surface area contributed by atoms with Crippen LogP contribution in [0.2, 0.25) is 0 Å². The highest BCUT2D eigenvalue weighted by molar-refractivity contribution is 14.0. The Morgan fingerprint density at radius 2 is 1.93 bits per heavy atom. The maximum atomic E-state index is 2.52. The highest BCUT2D eigenvalue weighted by Crippen LogP contribution is 2.57. The lowest BCUT2D eigenvalue weighted by molar-refractivity contribution is 0.786. The Morgan fingerprint density at radius 3 is 2.60 bits per heavy atom. The van der Waals surface area contributed by atoms with Crippen molar-refractivity contribution in [3.05, 3.63) is 22.8 Å². The largest absolute Gasteiger partial charge is 0.107 e. The average Bonchev–Trinajstić information content (AvgIpc) is 2.92. The number of hydrogen-bond acceptors (Lipinski definition) is 0. The second-order valence-electron chi connectivity index (χ2n) is 4.43. The molecule has 2 atom stereocenters. The van der Waals surface area contributed by atoms with Crippen molar-refractivity contribution >= 4 is 24.0 Å². The maximum absolute atomic E-state index is 2.52. The molecule has 0 aromatic heterocycles. The molecule has 0 aromatic rings. The zero-order valence-corrected chi connectivity index (χ0v) is 12.5. The summed E-state index contributed by atoms with van der Waals surface area (Å²) in [5, 5.41) is 0. The second kappa shape index (κ2) is 5.51. The number of allylic oxidation sites excluding steroid dienone is 4. The van der Waals surface area contributed by atoms with E-state index in [2.05, 4.69) is 13.0 Å². The van der Waals surface area contributed by atoms with Gasteiger partial charge in [-0.2, -0.15) is 0 Å². The third kappa shape index (κ3) is 2.32. The van der Waals surface area contributed by atoms with Gasteiger partial charge in [0.1, 0.15) is 0 Å². The molecule has 0 amide bonds. The van der Waals surface area contributed by atoms with Crippen LogP contribution < -0.4 is 0 Å². The van der Waals surface area contributed by atoms with E-state index in [1.54, 1.807) is 11.1 Å². The molecule has 0 bridgehead atoms. The number of rotatable bonds is 1. The molecule has 0 radical (unpaired) electrons. The molecular weight excluding hydrogens is 295 g/mol. The molecule has 0 N–H and O–H groups in total. The fourth-order valence-electron chi connectivity index (χ4n) is 3.06. The number of halogens is 1. The quantitative estimate of drug-likeness (QED) is 0.590. The van der Waals surface area contributed by atoms with Gasteiger partial charge in [-0.3, -0.25) is 0 Å². The van der Waals surface area contributed by atoms with E-state index in [1.807, 2.05) is 19.4 Å². The van der Waals surface area contributed by atoms with Crippen molar-refractivity contribution in [2.45, 2.75) is 52.9 Å². The lowest BCUT2D eigenvalue weighted by atomic mass is 9.93. The zero-order chi connectivity index (χ0) is 10.1. The summed E-state index contributed by atoms with van der Waals surface area (Å²) in [6, 6.07) is 0. The fourth-order valence-corrected chi connectivity index (χ4v) is 3.06. The van der Waals surface area contributed by atoms with Gasteiger partial charge in [0.05, 0.1) is 0 Å². The third-order valence-electron chi connectivity index (χ3n) is 3.79. The third-order valence-corrected chi connectivity index (χ3v) is 3.79. The van der Waals surface area contributed by atoms with E-state index in [9.17, 15) is 0 Å². The van der Waals surface area contributed by atoms with Gasteiger partial charge in [0.15, 0.2) is 0 Å². The van der Waals surface area contributed by atoms with E-state index in [4.69, 9.17) is 0 Å². The first-order chi connectivity index (χ1) is 6.90. The van der Waals surface area contributed by atoms with Gasteiger partial charge in [0.25, 0.3) is 0 Å². The molecule has 1 fully saturated rings. The van der Waals surface area contributed by atoms with Crippen LogP contribution in [0.25, 0.3) is 0 Å². The Bertz CT molecular complexity index is 286. The Kier molecular flexibility index (Phi) is 4.88. The van der Waals surface area contributed by atoms with E-state index < -0.39 is 0 Å². The summed E-state index contributed by atoms with van der Waals surface area (Å²) in [7, 11) is 0. The van der Waals surface area contributed by atoms with Gasteiger partial charge in [-0.05, 0) is 49.5 Å². The minimum atomic E-state index is 0. The van der Waals surface area contributed by atoms with Crippen LogP contribution in [-0.2, 0) is 0 Å². The first kappa shape index (κ1) is 13.3. The van der Waals surface area contributed by atoms with Crippen LogP contribution in [0.5, 0.6) is 0 Å². The van der Waals surface area contributed by atoms with Crippen LogP contribution in [0.1, 0.15) is 52.9 Å². The summed E-state index contributed by atoms with van der Waals surface area (Å²) >= 11 is 0. The topological polar surface area (TPSA) is 0 Å². The van der Waals surface area contributed by atoms with Crippen LogP contribution in [0, 0.1) is 11.8 Å². The standard InChI is InChI=1S/C12H16.C2H6.HI/c1-2-8-6-9-4-3-5-10(9)12-7-11(8)12;1-2;/h6,11-12H,2-5,7H2,1H3;1-2H3;1H. The fraction of sp³-hybridized carbons (Fsp3) is 0.714. The molecule has 0 saturated heterocycles. The monoisotopic (exact) mass is 318 g/mol. The molecule has 0 nitrogen and oxygen atoms in total. The van der Waals surface area contributed by atoms with Gasteiger partial charge in [-0.1, -0.05) is 38.0 Å². The summed E-state index contributed by atoms with van der Waals surface area (Å²) in [5.41, 5.74) is 5.32. The van der Waals surface area contributed by atoms with Crippen LogP contribution >= 0.6 is 24.0 Å². The number of fused-ring (bicyclic) bond motifs is 2. The summed E-state index contributed by atoms with van der Waals surface area (Å²) in [6.07, 6.45) is 9.53. The zero-order valence-electron chi connectivity index (χ0n) is 10.2. The van der Waals surface area contributed by atoms with E-state index in [-0.39, 0.29) is 24.0 Å². The Hall–Kier alpha value is 0.210. The second-order valence-corrected chi connectivity index (χ2v) is 4.43. The van der Waals surface area contributed by atoms with Gasteiger partial charge in [0.2, 0.25) is 0 Å². The summed E-state index contributed by atoms with van der Waals surface area (Å²) in [6.45, 7) is 6.31. The molecule has 3 rings (SSSR count). The molecule has 0 aromatic carbocycles. The van der Waals surface area contributed by atoms with Gasteiger partial charge in [0, 0.05) is 0 Å². The molecule has 15 heavy (non-hydrogen) atoms. The normalized spacial score (nSPS) is 30.5. The minimum Gasteiger partial charge on any atom is -0.107 e. The molecule has 3 aliphatic rings. The van der Waals surface area contributed by atoms with E-state index in [1.165, 1.54) is 32.1 Å². The minimum absolute atomic E-state index is 0. The van der Waals surface area contributed by atoms with Crippen molar-refractivity contribution in [1.29, 1.82) is 0 Å². The molecule has 0 spiro atoms. The predicted octanol–water partition coefficient (Wildman–Crippen LogP) is 5.10. The molecule has 1 heteroatoms. The predicted molar refractivity (Wildman–Crippen MR) is 77.6 cm³/mol. The van der Waals surface area contributed by atoms with Crippen molar-refractivity contribution < 1.29 is 0 Å². The van der Waals surface area contributed by atoms with Crippen molar-refractivity contribution in [3.63, 3.8) is 0 Å². The molecule has 2 unspecified atom stereocenters. The summed E-state index contributed by atoms with van der Waals surface area (Å²) in [4.78, 5) is 0. The molecule has 0 heterocycles. The molecule has 3 aliphatic carbocycles. The molecule has 86 valence electrons. The van der Waals surface area contributed by atoms with Crippen molar-refractivity contribution in [2.75, 3.05) is 0 Å². The smallest absolute Gasteiger partial charge is 0.0126 e. The lowest BCUT2D eigenvalue weighted by Gasteiger charge is -2.13. The maximum Gasteiger partial charge on any atom is -0.0126 e. The van der Waals surface area contributed by atoms with Crippen LogP contribution in [0.4, 0.5) is 0 Å². The number of hydrogen-bond donors (Lipinski definition) is 0. The highest BCUT2D eigenvalue weighted by atomic mass is 127. The van der Waals surface area contributed by atoms with Gasteiger partial charge < -0.3 is 0 Å². The van der Waals surface area contributed by atoms with Crippen LogP contribution in [-0.4, -0.2) is 0 Å². The van der Waals surface area contributed by atoms with Gasteiger partial charge >= 0.3 is 0 Å². The van der Waals surface area contributed by atoms with E-state index in [0.717, 1.165) is 11.8 Å². The first-order valence-corrected chi connectivity index (χ1v) is 6.32. The SMILES string of the molecule is CC.CCC1=CC2=C(CCC2)C2CC12.I. The van der Waals surface area contributed by atoms with Gasteiger partial charge in [-0.15, -0.1) is 24.0 Å². The van der Waals surface area contributed by atoms with E-state index >= 15 is 0 Å². The highest BCUT2D eigenvalue weighted by Gasteiger charge is 2.45. The van der Waals surface area contributed by atoms with Crippen LogP contribution in [0.3, 0.4) is 0 Å². The Morgan fingerprint density at radius 1 is 1.20 bits per heavy atom. The van der Waals surface area contributed by atoms with Crippen molar-refractivity contribution in [1.82, 2.24) is 0 Å².